The normalized spacial score (nSPS) is 26.9. The van der Waals surface area contributed by atoms with Crippen LogP contribution in [0.2, 0.25) is 10.0 Å². The van der Waals surface area contributed by atoms with Crippen LogP contribution < -0.4 is 4.74 Å². The Morgan fingerprint density at radius 1 is 1.38 bits per heavy atom. The van der Waals surface area contributed by atoms with Crippen molar-refractivity contribution in [3.05, 3.63) is 27.7 Å². The molecule has 2 unspecified atom stereocenters. The molecule has 0 saturated carbocycles. The van der Waals surface area contributed by atoms with E-state index < -0.39 is 29.5 Å². The Bertz CT molecular complexity index is 585. The van der Waals surface area contributed by atoms with Crippen LogP contribution in [-0.2, 0) is 10.4 Å². The van der Waals surface area contributed by atoms with Gasteiger partial charge in [0.1, 0.15) is 17.0 Å². The van der Waals surface area contributed by atoms with Crippen molar-refractivity contribution in [2.45, 2.75) is 44.8 Å². The van der Waals surface area contributed by atoms with Gasteiger partial charge in [-0.3, -0.25) is 4.79 Å². The van der Waals surface area contributed by atoms with Crippen molar-refractivity contribution < 1.29 is 19.7 Å². The average Bonchev–Trinajstić information content (AvgIpc) is 2.31. The fourth-order valence-corrected chi connectivity index (χ4v) is 3.87. The molecule has 0 saturated heterocycles. The zero-order chi connectivity index (χ0) is 16.0. The molecule has 1 aromatic carbocycles. The molecule has 1 aromatic rings. The van der Waals surface area contributed by atoms with E-state index in [0.29, 0.717) is 12.2 Å². The Kier molecular flexibility index (Phi) is 4.17. The summed E-state index contributed by atoms with van der Waals surface area (Å²) >= 11 is 12.3. The standard InChI is InChI=1S/C15H18Cl2O4/c1-4-10-14(2,3)21-9-6-5-8(16)13(17)12(9)15(10,20)7-11(18)19/h5-6,10,20H,4,7H2,1-3H3,(H,18,19). The molecule has 0 aliphatic carbocycles. The quantitative estimate of drug-likeness (QED) is 0.882. The fourth-order valence-electron chi connectivity index (χ4n) is 3.40. The Labute approximate surface area is 133 Å². The lowest BCUT2D eigenvalue weighted by Gasteiger charge is -2.49. The molecule has 2 N–H and O–H groups in total. The third-order valence-corrected chi connectivity index (χ3v) is 4.91. The number of benzene rings is 1. The van der Waals surface area contributed by atoms with Crippen LogP contribution in [0.1, 0.15) is 39.2 Å². The van der Waals surface area contributed by atoms with Gasteiger partial charge in [-0.05, 0) is 32.4 Å². The molecule has 0 bridgehead atoms. The maximum Gasteiger partial charge on any atom is 0.306 e. The topological polar surface area (TPSA) is 66.8 Å². The van der Waals surface area contributed by atoms with E-state index in [2.05, 4.69) is 0 Å². The zero-order valence-electron chi connectivity index (χ0n) is 12.1. The van der Waals surface area contributed by atoms with Gasteiger partial charge in [-0.15, -0.1) is 0 Å². The summed E-state index contributed by atoms with van der Waals surface area (Å²) in [4.78, 5) is 11.3. The van der Waals surface area contributed by atoms with Crippen LogP contribution in [0.15, 0.2) is 12.1 Å². The van der Waals surface area contributed by atoms with Gasteiger partial charge in [-0.2, -0.15) is 0 Å². The molecular formula is C15H18Cl2O4. The second-order valence-electron chi connectivity index (χ2n) is 5.90. The van der Waals surface area contributed by atoms with E-state index in [4.69, 9.17) is 27.9 Å². The van der Waals surface area contributed by atoms with Crippen LogP contribution in [0, 0.1) is 5.92 Å². The number of halogens is 2. The number of fused-ring (bicyclic) bond motifs is 1. The Morgan fingerprint density at radius 2 is 2.00 bits per heavy atom. The zero-order valence-corrected chi connectivity index (χ0v) is 13.6. The van der Waals surface area contributed by atoms with E-state index in [9.17, 15) is 15.0 Å². The first kappa shape index (κ1) is 16.4. The molecule has 0 aromatic heterocycles. The van der Waals surface area contributed by atoms with E-state index in [1.165, 1.54) is 0 Å². The number of hydrogen-bond donors (Lipinski definition) is 2. The molecule has 4 nitrogen and oxygen atoms in total. The van der Waals surface area contributed by atoms with Crippen LogP contribution in [0.3, 0.4) is 0 Å². The molecule has 1 aliphatic rings. The first-order valence-electron chi connectivity index (χ1n) is 6.75. The highest BCUT2D eigenvalue weighted by molar-refractivity contribution is 6.42. The van der Waals surface area contributed by atoms with Gasteiger partial charge in [0, 0.05) is 11.5 Å². The number of carboxylic acid groups (broad SMARTS) is 1. The van der Waals surface area contributed by atoms with Crippen LogP contribution in [-0.4, -0.2) is 21.8 Å². The van der Waals surface area contributed by atoms with E-state index in [1.54, 1.807) is 12.1 Å². The second-order valence-corrected chi connectivity index (χ2v) is 6.68. The first-order valence-corrected chi connectivity index (χ1v) is 7.50. The fraction of sp³-hybridized carbons (Fsp3) is 0.533. The third-order valence-electron chi connectivity index (χ3n) is 4.11. The van der Waals surface area contributed by atoms with E-state index in [-0.39, 0.29) is 15.6 Å². The highest BCUT2D eigenvalue weighted by Crippen LogP contribution is 2.54. The molecule has 0 spiro atoms. The van der Waals surface area contributed by atoms with Gasteiger partial charge in [0.25, 0.3) is 0 Å². The van der Waals surface area contributed by atoms with Crippen LogP contribution in [0.4, 0.5) is 0 Å². The largest absolute Gasteiger partial charge is 0.487 e. The van der Waals surface area contributed by atoms with E-state index in [1.807, 2.05) is 20.8 Å². The van der Waals surface area contributed by atoms with E-state index in [0.717, 1.165) is 0 Å². The SMILES string of the molecule is CCC1C(C)(C)Oc2ccc(Cl)c(Cl)c2C1(O)CC(=O)O. The number of carbonyl (C=O) groups is 1. The van der Waals surface area contributed by atoms with Crippen molar-refractivity contribution in [3.8, 4) is 5.75 Å². The summed E-state index contributed by atoms with van der Waals surface area (Å²) in [5.74, 6) is -1.15. The van der Waals surface area contributed by atoms with Crippen LogP contribution >= 0.6 is 23.2 Å². The van der Waals surface area contributed by atoms with Crippen molar-refractivity contribution in [3.63, 3.8) is 0 Å². The van der Waals surface area contributed by atoms with Crippen LogP contribution in [0.25, 0.3) is 0 Å². The molecule has 0 radical (unpaired) electrons. The molecule has 1 heterocycles. The highest BCUT2D eigenvalue weighted by atomic mass is 35.5. The Morgan fingerprint density at radius 3 is 2.52 bits per heavy atom. The molecule has 116 valence electrons. The number of aliphatic hydroxyl groups is 1. The lowest BCUT2D eigenvalue weighted by Crippen LogP contribution is -2.54. The second kappa shape index (κ2) is 5.34. The minimum absolute atomic E-state index is 0.145. The third kappa shape index (κ3) is 2.60. The van der Waals surface area contributed by atoms with Gasteiger partial charge in [0.05, 0.1) is 16.5 Å². The lowest BCUT2D eigenvalue weighted by atomic mass is 9.68. The van der Waals surface area contributed by atoms with Crippen molar-refractivity contribution in [1.82, 2.24) is 0 Å². The summed E-state index contributed by atoms with van der Waals surface area (Å²) in [6.45, 7) is 5.55. The highest BCUT2D eigenvalue weighted by Gasteiger charge is 2.54. The summed E-state index contributed by atoms with van der Waals surface area (Å²) < 4.78 is 5.94. The summed E-state index contributed by atoms with van der Waals surface area (Å²) in [5.41, 5.74) is -2.08. The van der Waals surface area contributed by atoms with Gasteiger partial charge >= 0.3 is 5.97 Å². The number of ether oxygens (including phenoxy) is 1. The number of aliphatic carboxylic acids is 1. The van der Waals surface area contributed by atoms with Crippen molar-refractivity contribution in [2.24, 2.45) is 5.92 Å². The molecule has 0 amide bonds. The smallest absolute Gasteiger partial charge is 0.306 e. The average molecular weight is 333 g/mol. The Hall–Kier alpha value is -0.970. The first-order chi connectivity index (χ1) is 9.63. The molecule has 1 aliphatic heterocycles. The molecule has 21 heavy (non-hydrogen) atoms. The number of rotatable bonds is 3. The van der Waals surface area contributed by atoms with Crippen molar-refractivity contribution in [2.75, 3.05) is 0 Å². The predicted octanol–water partition coefficient (Wildman–Crippen LogP) is 3.85. The van der Waals surface area contributed by atoms with Gasteiger partial charge < -0.3 is 14.9 Å². The van der Waals surface area contributed by atoms with Gasteiger partial charge in [0.15, 0.2) is 0 Å². The van der Waals surface area contributed by atoms with Crippen molar-refractivity contribution >= 4 is 29.2 Å². The van der Waals surface area contributed by atoms with Crippen LogP contribution in [0.5, 0.6) is 5.75 Å². The molecule has 2 rings (SSSR count). The number of hydrogen-bond acceptors (Lipinski definition) is 3. The van der Waals surface area contributed by atoms with E-state index >= 15 is 0 Å². The van der Waals surface area contributed by atoms with Gasteiger partial charge in [-0.1, -0.05) is 30.1 Å². The Balaban J connectivity index is 2.74. The summed E-state index contributed by atoms with van der Waals surface area (Å²) in [6.07, 6.45) is 0.0877. The minimum Gasteiger partial charge on any atom is -0.487 e. The van der Waals surface area contributed by atoms with Crippen molar-refractivity contribution in [1.29, 1.82) is 0 Å². The minimum atomic E-state index is -1.63. The number of carboxylic acids is 1. The summed E-state index contributed by atoms with van der Waals surface area (Å²) in [7, 11) is 0. The summed E-state index contributed by atoms with van der Waals surface area (Å²) in [5, 5.41) is 20.8. The van der Waals surface area contributed by atoms with Gasteiger partial charge in [-0.25, -0.2) is 0 Å². The monoisotopic (exact) mass is 332 g/mol. The maximum absolute atomic E-state index is 11.3. The predicted molar refractivity (Wildman–Crippen MR) is 81.1 cm³/mol. The maximum atomic E-state index is 11.3. The van der Waals surface area contributed by atoms with Gasteiger partial charge in [0.2, 0.25) is 0 Å². The summed E-state index contributed by atoms with van der Waals surface area (Å²) in [6, 6.07) is 3.19. The molecule has 6 heteroatoms. The molecular weight excluding hydrogens is 315 g/mol. The lowest BCUT2D eigenvalue weighted by molar-refractivity contribution is -0.160. The molecule has 2 atom stereocenters. The molecule has 0 fully saturated rings.